The largest absolute Gasteiger partial charge is 0.416 e. The number of alkyl halides is 3. The van der Waals surface area contributed by atoms with E-state index in [1.165, 1.54) is 4.31 Å². The van der Waals surface area contributed by atoms with Crippen LogP contribution in [-0.2, 0) is 20.9 Å². The molecule has 1 aliphatic heterocycles. The van der Waals surface area contributed by atoms with Crippen molar-refractivity contribution in [1.29, 1.82) is 0 Å². The summed E-state index contributed by atoms with van der Waals surface area (Å²) in [5.41, 5.74) is -0.767. The Hall–Kier alpha value is -1.65. The van der Waals surface area contributed by atoms with Crippen LogP contribution in [0.15, 0.2) is 24.3 Å². The van der Waals surface area contributed by atoms with Crippen molar-refractivity contribution in [3.05, 3.63) is 35.4 Å². The van der Waals surface area contributed by atoms with Crippen molar-refractivity contribution in [3.63, 3.8) is 0 Å². The van der Waals surface area contributed by atoms with Gasteiger partial charge in [-0.25, -0.2) is 8.42 Å². The molecular weight excluding hydrogens is 373 g/mol. The van der Waals surface area contributed by atoms with Gasteiger partial charge in [-0.05, 0) is 37.1 Å². The highest BCUT2D eigenvalue weighted by molar-refractivity contribution is 7.88. The molecule has 1 aromatic carbocycles. The molecule has 1 heterocycles. The molecule has 10 heteroatoms. The van der Waals surface area contributed by atoms with Crippen molar-refractivity contribution in [2.75, 3.05) is 32.5 Å². The summed E-state index contributed by atoms with van der Waals surface area (Å²) in [5, 5.41) is 2.52. The van der Waals surface area contributed by atoms with Gasteiger partial charge >= 0.3 is 6.18 Å². The number of nitrogens with one attached hydrogen (secondary N) is 1. The molecule has 0 bridgehead atoms. The van der Waals surface area contributed by atoms with Gasteiger partial charge in [-0.15, -0.1) is 0 Å². The number of halogens is 3. The smallest absolute Gasteiger partial charge is 0.377 e. The Kier molecular flexibility index (Phi) is 6.64. The maximum Gasteiger partial charge on any atom is 0.416 e. The number of ether oxygens (including phenoxy) is 1. The zero-order valence-electron chi connectivity index (χ0n) is 14.3. The monoisotopic (exact) mass is 394 g/mol. The predicted octanol–water partition coefficient (Wildman–Crippen LogP) is 1.88. The summed E-state index contributed by atoms with van der Waals surface area (Å²) in [7, 11) is -3.46. The van der Waals surface area contributed by atoms with Crippen molar-refractivity contribution < 1.29 is 31.1 Å². The zero-order valence-corrected chi connectivity index (χ0v) is 15.1. The van der Waals surface area contributed by atoms with Crippen molar-refractivity contribution in [3.8, 4) is 0 Å². The average molecular weight is 394 g/mol. The number of carbonyl (C=O) groups excluding carboxylic acids is 1. The fourth-order valence-corrected chi connectivity index (χ4v) is 3.47. The highest BCUT2D eigenvalue weighted by Crippen LogP contribution is 2.29. The summed E-state index contributed by atoms with van der Waals surface area (Å²) in [4.78, 5) is 12.0. The first-order valence-corrected chi connectivity index (χ1v) is 9.94. The highest BCUT2D eigenvalue weighted by atomic mass is 32.2. The van der Waals surface area contributed by atoms with Gasteiger partial charge in [0.15, 0.2) is 0 Å². The molecule has 0 radical (unpaired) electrons. The van der Waals surface area contributed by atoms with Gasteiger partial charge in [0.25, 0.3) is 5.91 Å². The second-order valence-electron chi connectivity index (χ2n) is 6.09. The molecule has 26 heavy (non-hydrogen) atoms. The van der Waals surface area contributed by atoms with E-state index >= 15 is 0 Å². The molecule has 1 atom stereocenters. The van der Waals surface area contributed by atoms with E-state index < -0.39 is 27.7 Å². The summed E-state index contributed by atoms with van der Waals surface area (Å²) < 4.78 is 67.9. The first-order chi connectivity index (χ1) is 12.1. The van der Waals surface area contributed by atoms with Crippen molar-refractivity contribution in [2.45, 2.75) is 25.1 Å². The van der Waals surface area contributed by atoms with E-state index in [1.807, 2.05) is 0 Å². The van der Waals surface area contributed by atoms with Crippen LogP contribution in [0.1, 0.15) is 28.8 Å². The number of benzene rings is 1. The maximum absolute atomic E-state index is 12.5. The minimum atomic E-state index is -4.46. The van der Waals surface area contributed by atoms with Crippen LogP contribution < -0.4 is 5.32 Å². The zero-order chi connectivity index (χ0) is 19.4. The van der Waals surface area contributed by atoms with Gasteiger partial charge < -0.3 is 10.1 Å². The molecule has 1 amide bonds. The number of amides is 1. The Bertz CT molecular complexity index is 714. The van der Waals surface area contributed by atoms with Crippen LogP contribution in [0.4, 0.5) is 13.2 Å². The molecule has 0 aliphatic carbocycles. The average Bonchev–Trinajstić information content (AvgIpc) is 3.05. The van der Waals surface area contributed by atoms with E-state index in [0.29, 0.717) is 6.61 Å². The van der Waals surface area contributed by atoms with Crippen LogP contribution in [-0.4, -0.2) is 57.2 Å². The first-order valence-electron chi connectivity index (χ1n) is 8.09. The Morgan fingerprint density at radius 1 is 1.31 bits per heavy atom. The molecule has 0 spiro atoms. The third-order valence-corrected chi connectivity index (χ3v) is 5.29. The molecule has 1 aliphatic rings. The highest BCUT2D eigenvalue weighted by Gasteiger charge is 2.30. The van der Waals surface area contributed by atoms with E-state index in [2.05, 4.69) is 5.32 Å². The fourth-order valence-electron chi connectivity index (χ4n) is 2.61. The molecule has 0 aromatic heterocycles. The first kappa shape index (κ1) is 20.7. The van der Waals surface area contributed by atoms with E-state index in [-0.39, 0.29) is 31.3 Å². The van der Waals surface area contributed by atoms with Crippen LogP contribution >= 0.6 is 0 Å². The lowest BCUT2D eigenvalue weighted by Crippen LogP contribution is -2.41. The topological polar surface area (TPSA) is 75.7 Å². The van der Waals surface area contributed by atoms with E-state index in [0.717, 1.165) is 43.4 Å². The van der Waals surface area contributed by atoms with Crippen molar-refractivity contribution in [2.24, 2.45) is 0 Å². The van der Waals surface area contributed by atoms with Crippen LogP contribution in [0.25, 0.3) is 0 Å². The lowest BCUT2D eigenvalue weighted by atomic mass is 10.1. The molecule has 1 unspecified atom stereocenters. The number of rotatable bonds is 7. The number of hydrogen-bond acceptors (Lipinski definition) is 4. The Balaban J connectivity index is 1.88. The summed E-state index contributed by atoms with van der Waals surface area (Å²) in [6, 6.07) is 3.82. The van der Waals surface area contributed by atoms with Crippen LogP contribution in [0.5, 0.6) is 0 Å². The molecule has 1 fully saturated rings. The summed E-state index contributed by atoms with van der Waals surface area (Å²) >= 11 is 0. The van der Waals surface area contributed by atoms with E-state index in [9.17, 15) is 26.4 Å². The van der Waals surface area contributed by atoms with Gasteiger partial charge in [-0.2, -0.15) is 17.5 Å². The quantitative estimate of drug-likeness (QED) is 0.766. The summed E-state index contributed by atoms with van der Waals surface area (Å²) in [5.74, 6) is -0.565. The summed E-state index contributed by atoms with van der Waals surface area (Å²) in [6.07, 6.45) is -1.88. The molecule has 146 valence electrons. The van der Waals surface area contributed by atoms with Crippen molar-refractivity contribution >= 4 is 15.9 Å². The Morgan fingerprint density at radius 3 is 2.46 bits per heavy atom. The second kappa shape index (κ2) is 8.36. The van der Waals surface area contributed by atoms with Gasteiger partial charge in [0.1, 0.15) is 0 Å². The van der Waals surface area contributed by atoms with E-state index in [4.69, 9.17) is 4.74 Å². The van der Waals surface area contributed by atoms with Crippen LogP contribution in [0.3, 0.4) is 0 Å². The number of hydrogen-bond donors (Lipinski definition) is 1. The molecule has 1 N–H and O–H groups in total. The van der Waals surface area contributed by atoms with Gasteiger partial charge in [-0.3, -0.25) is 4.79 Å². The molecule has 1 aromatic rings. The molecular formula is C16H21F3N2O4S. The Labute approximate surface area is 150 Å². The number of sulfonamides is 1. The number of nitrogens with zero attached hydrogens (tertiary/aromatic N) is 1. The number of carbonyl (C=O) groups is 1. The van der Waals surface area contributed by atoms with Crippen LogP contribution in [0.2, 0.25) is 0 Å². The predicted molar refractivity (Wildman–Crippen MR) is 89.2 cm³/mol. The third-order valence-electron chi connectivity index (χ3n) is 4.02. The Morgan fingerprint density at radius 2 is 1.96 bits per heavy atom. The van der Waals surface area contributed by atoms with Crippen molar-refractivity contribution in [1.82, 2.24) is 9.62 Å². The standard InChI is InChI=1S/C16H21F3N2O4S/c1-26(23,24)21(11-14-3-2-10-25-14)9-8-20-15(22)12-4-6-13(7-5-12)16(17,18)19/h4-7,14H,2-3,8-11H2,1H3,(H,20,22). The minimum Gasteiger partial charge on any atom is -0.377 e. The molecule has 6 nitrogen and oxygen atoms in total. The molecule has 1 saturated heterocycles. The van der Waals surface area contributed by atoms with Gasteiger partial charge in [0.05, 0.1) is 17.9 Å². The maximum atomic E-state index is 12.5. The minimum absolute atomic E-state index is 0.0413. The molecule has 2 rings (SSSR count). The second-order valence-corrected chi connectivity index (χ2v) is 8.07. The third kappa shape index (κ3) is 5.96. The normalized spacial score (nSPS) is 18.3. The van der Waals surface area contributed by atoms with Gasteiger partial charge in [-0.1, -0.05) is 0 Å². The lowest BCUT2D eigenvalue weighted by molar-refractivity contribution is -0.137. The SMILES string of the molecule is CS(=O)(=O)N(CCNC(=O)c1ccc(C(F)(F)F)cc1)CC1CCCO1. The van der Waals surface area contributed by atoms with Gasteiger partial charge in [0, 0.05) is 31.8 Å². The van der Waals surface area contributed by atoms with Gasteiger partial charge in [0.2, 0.25) is 10.0 Å². The lowest BCUT2D eigenvalue weighted by Gasteiger charge is -2.23. The van der Waals surface area contributed by atoms with E-state index in [1.54, 1.807) is 0 Å². The molecule has 0 saturated carbocycles. The van der Waals surface area contributed by atoms with Crippen LogP contribution in [0, 0.1) is 0 Å². The fraction of sp³-hybridized carbons (Fsp3) is 0.562. The summed E-state index contributed by atoms with van der Waals surface area (Å²) in [6.45, 7) is 0.923.